The molecule has 0 saturated heterocycles. The van der Waals surface area contributed by atoms with Crippen LogP contribution in [0.4, 0.5) is 0 Å². The Morgan fingerprint density at radius 2 is 2.05 bits per heavy atom. The zero-order valence-electron chi connectivity index (χ0n) is 12.9. The van der Waals surface area contributed by atoms with E-state index in [0.29, 0.717) is 11.4 Å². The van der Waals surface area contributed by atoms with Gasteiger partial charge in [0.2, 0.25) is 0 Å². The minimum absolute atomic E-state index is 0.453. The Kier molecular flexibility index (Phi) is 5.42. The van der Waals surface area contributed by atoms with Crippen LogP contribution >= 0.6 is 11.6 Å². The van der Waals surface area contributed by atoms with Gasteiger partial charge in [-0.2, -0.15) is 10.2 Å². The highest BCUT2D eigenvalue weighted by atomic mass is 35.5. The SMILES string of the molecule is CCCn1nccc1C(O)Cc1c(Cl)c(CC)nn1CC. The average molecular weight is 311 g/mol. The van der Waals surface area contributed by atoms with Crippen molar-refractivity contribution >= 4 is 11.6 Å². The monoisotopic (exact) mass is 310 g/mol. The summed E-state index contributed by atoms with van der Waals surface area (Å²) in [5, 5.41) is 20.0. The molecule has 0 radical (unpaired) electrons. The van der Waals surface area contributed by atoms with Gasteiger partial charge in [0.1, 0.15) is 6.10 Å². The lowest BCUT2D eigenvalue weighted by Crippen LogP contribution is -2.13. The van der Waals surface area contributed by atoms with Crippen molar-refractivity contribution in [1.29, 1.82) is 0 Å². The summed E-state index contributed by atoms with van der Waals surface area (Å²) in [5.41, 5.74) is 2.62. The first-order chi connectivity index (χ1) is 10.1. The Labute approximate surface area is 130 Å². The van der Waals surface area contributed by atoms with Crippen LogP contribution in [-0.2, 0) is 25.9 Å². The summed E-state index contributed by atoms with van der Waals surface area (Å²) in [7, 11) is 0. The van der Waals surface area contributed by atoms with E-state index in [1.165, 1.54) is 0 Å². The molecule has 0 aliphatic heterocycles. The topological polar surface area (TPSA) is 55.9 Å². The van der Waals surface area contributed by atoms with E-state index in [1.807, 2.05) is 29.3 Å². The van der Waals surface area contributed by atoms with Crippen molar-refractivity contribution < 1.29 is 5.11 Å². The molecule has 1 unspecified atom stereocenters. The highest BCUT2D eigenvalue weighted by Crippen LogP contribution is 2.27. The van der Waals surface area contributed by atoms with Crippen molar-refractivity contribution in [3.8, 4) is 0 Å². The molecular formula is C15H23ClN4O. The largest absolute Gasteiger partial charge is 0.386 e. The van der Waals surface area contributed by atoms with Crippen LogP contribution in [0.1, 0.15) is 50.4 Å². The van der Waals surface area contributed by atoms with Gasteiger partial charge in [0.05, 0.1) is 22.1 Å². The average Bonchev–Trinajstić information content (AvgIpc) is 3.05. The summed E-state index contributed by atoms with van der Waals surface area (Å²) in [6, 6.07) is 1.86. The number of nitrogens with zero attached hydrogens (tertiary/aromatic N) is 4. The summed E-state index contributed by atoms with van der Waals surface area (Å²) in [6.45, 7) is 7.70. The molecule has 0 aromatic carbocycles. The maximum atomic E-state index is 10.5. The zero-order valence-corrected chi connectivity index (χ0v) is 13.6. The van der Waals surface area contributed by atoms with E-state index in [9.17, 15) is 5.11 Å². The summed E-state index contributed by atoms with van der Waals surface area (Å²) in [5.74, 6) is 0. The van der Waals surface area contributed by atoms with Crippen LogP contribution in [0.5, 0.6) is 0 Å². The van der Waals surface area contributed by atoms with Gasteiger partial charge in [-0.1, -0.05) is 25.4 Å². The number of hydrogen-bond acceptors (Lipinski definition) is 3. The van der Waals surface area contributed by atoms with Crippen LogP contribution in [0, 0.1) is 0 Å². The third-order valence-corrected chi connectivity index (χ3v) is 4.04. The molecule has 1 atom stereocenters. The molecule has 0 aliphatic carbocycles. The van der Waals surface area contributed by atoms with E-state index >= 15 is 0 Å². The molecule has 0 bridgehead atoms. The zero-order chi connectivity index (χ0) is 15.4. The van der Waals surface area contributed by atoms with Gasteiger partial charge in [-0.25, -0.2) is 0 Å². The smallest absolute Gasteiger partial charge is 0.101 e. The van der Waals surface area contributed by atoms with Gasteiger partial charge in [-0.3, -0.25) is 9.36 Å². The van der Waals surface area contributed by atoms with Crippen LogP contribution in [0.2, 0.25) is 5.02 Å². The molecule has 2 rings (SSSR count). The van der Waals surface area contributed by atoms with Gasteiger partial charge in [0, 0.05) is 25.7 Å². The molecule has 1 N–H and O–H groups in total. The molecule has 0 fully saturated rings. The fourth-order valence-corrected chi connectivity index (χ4v) is 2.87. The number of halogens is 1. The molecule has 0 spiro atoms. The Bertz CT molecular complexity index is 591. The van der Waals surface area contributed by atoms with Crippen molar-refractivity contribution in [2.45, 2.75) is 59.2 Å². The van der Waals surface area contributed by atoms with E-state index in [2.05, 4.69) is 17.1 Å². The van der Waals surface area contributed by atoms with Crippen molar-refractivity contribution in [2.75, 3.05) is 0 Å². The standard InChI is InChI=1S/C15H23ClN4O/c1-4-9-20-12(7-8-17-20)14(21)10-13-15(16)11(5-2)18-19(13)6-3/h7-8,14,21H,4-6,9-10H2,1-3H3. The number of aliphatic hydroxyl groups excluding tert-OH is 1. The second-order valence-electron chi connectivity index (χ2n) is 5.08. The second kappa shape index (κ2) is 7.09. The third kappa shape index (κ3) is 3.30. The number of aliphatic hydroxyl groups is 1. The van der Waals surface area contributed by atoms with Crippen molar-refractivity contribution in [1.82, 2.24) is 19.6 Å². The molecule has 2 aromatic rings. The van der Waals surface area contributed by atoms with E-state index < -0.39 is 6.10 Å². The van der Waals surface area contributed by atoms with Gasteiger partial charge in [-0.05, 0) is 25.8 Å². The molecule has 0 amide bonds. The van der Waals surface area contributed by atoms with Gasteiger partial charge in [0.25, 0.3) is 0 Å². The predicted octanol–water partition coefficient (Wildman–Crippen LogP) is 3.00. The van der Waals surface area contributed by atoms with Crippen LogP contribution in [0.25, 0.3) is 0 Å². The molecule has 0 aliphatic rings. The minimum atomic E-state index is -0.622. The van der Waals surface area contributed by atoms with Crippen molar-refractivity contribution in [3.63, 3.8) is 0 Å². The second-order valence-corrected chi connectivity index (χ2v) is 5.45. The van der Waals surface area contributed by atoms with E-state index in [0.717, 1.165) is 43.0 Å². The minimum Gasteiger partial charge on any atom is -0.386 e. The van der Waals surface area contributed by atoms with Crippen LogP contribution in [-0.4, -0.2) is 24.7 Å². The van der Waals surface area contributed by atoms with Gasteiger partial charge in [0.15, 0.2) is 0 Å². The number of aryl methyl sites for hydroxylation is 3. The fraction of sp³-hybridized carbons (Fsp3) is 0.600. The Hall–Kier alpha value is -1.33. The molecule has 5 nitrogen and oxygen atoms in total. The van der Waals surface area contributed by atoms with E-state index in [1.54, 1.807) is 6.20 Å². The van der Waals surface area contributed by atoms with E-state index in [-0.39, 0.29) is 0 Å². The molecule has 2 heterocycles. The maximum absolute atomic E-state index is 10.5. The normalized spacial score (nSPS) is 12.8. The summed E-state index contributed by atoms with van der Waals surface area (Å²) in [6.07, 6.45) is 3.33. The molecule has 2 aromatic heterocycles. The number of rotatable bonds is 7. The Morgan fingerprint density at radius 3 is 2.67 bits per heavy atom. The molecule has 0 saturated carbocycles. The molecule has 116 valence electrons. The van der Waals surface area contributed by atoms with Crippen LogP contribution in [0.3, 0.4) is 0 Å². The van der Waals surface area contributed by atoms with Gasteiger partial charge < -0.3 is 5.11 Å². The summed E-state index contributed by atoms with van der Waals surface area (Å²) in [4.78, 5) is 0. The van der Waals surface area contributed by atoms with Gasteiger partial charge in [-0.15, -0.1) is 0 Å². The van der Waals surface area contributed by atoms with Crippen molar-refractivity contribution in [2.24, 2.45) is 0 Å². The highest BCUT2D eigenvalue weighted by Gasteiger charge is 2.20. The van der Waals surface area contributed by atoms with Crippen LogP contribution < -0.4 is 0 Å². The third-order valence-electron chi connectivity index (χ3n) is 3.61. The number of aromatic nitrogens is 4. The maximum Gasteiger partial charge on any atom is 0.101 e. The molecule has 6 heteroatoms. The first kappa shape index (κ1) is 16.0. The Balaban J connectivity index is 2.24. The van der Waals surface area contributed by atoms with Crippen LogP contribution in [0.15, 0.2) is 12.3 Å². The number of hydrogen-bond donors (Lipinski definition) is 1. The Morgan fingerprint density at radius 1 is 1.29 bits per heavy atom. The summed E-state index contributed by atoms with van der Waals surface area (Å²) >= 11 is 6.40. The summed E-state index contributed by atoms with van der Waals surface area (Å²) < 4.78 is 3.73. The first-order valence-corrected chi connectivity index (χ1v) is 7.93. The lowest BCUT2D eigenvalue weighted by molar-refractivity contribution is 0.163. The van der Waals surface area contributed by atoms with Gasteiger partial charge >= 0.3 is 0 Å². The quantitative estimate of drug-likeness (QED) is 0.855. The lowest BCUT2D eigenvalue weighted by Gasteiger charge is -2.14. The first-order valence-electron chi connectivity index (χ1n) is 7.56. The predicted molar refractivity (Wildman–Crippen MR) is 83.5 cm³/mol. The lowest BCUT2D eigenvalue weighted by atomic mass is 10.1. The van der Waals surface area contributed by atoms with E-state index in [4.69, 9.17) is 11.6 Å². The fourth-order valence-electron chi connectivity index (χ4n) is 2.52. The van der Waals surface area contributed by atoms with Crippen molar-refractivity contribution in [3.05, 3.63) is 34.4 Å². The molecular weight excluding hydrogens is 288 g/mol. The highest BCUT2D eigenvalue weighted by molar-refractivity contribution is 6.31. The molecule has 21 heavy (non-hydrogen) atoms.